The fourth-order valence-electron chi connectivity index (χ4n) is 12.0. The van der Waals surface area contributed by atoms with Crippen molar-refractivity contribution in [2.75, 3.05) is 35.0 Å². The molecule has 16 heteroatoms. The van der Waals surface area contributed by atoms with Gasteiger partial charge in [-0.1, -0.05) is 5.18 Å². The molecule has 1 unspecified atom stereocenters. The number of nitrogens with zero attached hydrogens (tertiary/aromatic N) is 1. The Kier molecular flexibility index (Phi) is 8.69. The monoisotopic (exact) mass is 729 g/mol. The van der Waals surface area contributed by atoms with Gasteiger partial charge in [0.05, 0.1) is 31.3 Å². The summed E-state index contributed by atoms with van der Waals surface area (Å²) in [6, 6.07) is 5.04. The third-order valence-corrected chi connectivity index (χ3v) is 13.0. The largest absolute Gasteiger partial charge is 0.497 e. The van der Waals surface area contributed by atoms with E-state index in [1.807, 2.05) is 0 Å². The second-order valence-corrected chi connectivity index (χ2v) is 14.9. The van der Waals surface area contributed by atoms with Gasteiger partial charge in [0.25, 0.3) is 0 Å². The molecule has 5 aliphatic carbocycles. The molecule has 6 aliphatic rings. The zero-order valence-electron chi connectivity index (χ0n) is 30.0. The first-order valence-corrected chi connectivity index (χ1v) is 17.3. The van der Waals surface area contributed by atoms with Gasteiger partial charge in [0.2, 0.25) is 0 Å². The quantitative estimate of drug-likeness (QED) is 0.182. The van der Waals surface area contributed by atoms with Crippen molar-refractivity contribution in [1.29, 1.82) is 0 Å². The smallest absolute Gasteiger partial charge is 0.338 e. The lowest BCUT2D eigenvalue weighted by Crippen LogP contribution is -2.74. The first kappa shape index (κ1) is 36.2. The minimum atomic E-state index is -1.70. The summed E-state index contributed by atoms with van der Waals surface area (Å²) in [4.78, 5) is 80.8. The van der Waals surface area contributed by atoms with E-state index in [0.29, 0.717) is 5.75 Å². The average molecular weight is 730 g/mol. The van der Waals surface area contributed by atoms with Crippen molar-refractivity contribution < 1.29 is 66.6 Å². The van der Waals surface area contributed by atoms with Gasteiger partial charge in [-0.2, -0.15) is 4.91 Å². The summed E-state index contributed by atoms with van der Waals surface area (Å²) in [6.45, 7) is 3.42. The Morgan fingerprint density at radius 3 is 2.04 bits per heavy atom. The first-order valence-electron chi connectivity index (χ1n) is 17.3. The molecule has 282 valence electrons. The van der Waals surface area contributed by atoms with Crippen LogP contribution in [-0.4, -0.2) is 113 Å². The van der Waals surface area contributed by atoms with E-state index in [-0.39, 0.29) is 31.4 Å². The number of carbonyl (C=O) groups is 5. The molecule has 0 N–H and O–H groups in total. The van der Waals surface area contributed by atoms with Crippen LogP contribution in [0, 0.1) is 39.4 Å². The highest BCUT2D eigenvalue weighted by Crippen LogP contribution is 2.81. The molecule has 0 amide bonds. The maximum atomic E-state index is 14.4. The molecule has 16 nitrogen and oxygen atoms in total. The fourth-order valence-corrected chi connectivity index (χ4v) is 12.0. The molecule has 52 heavy (non-hydrogen) atoms. The van der Waals surface area contributed by atoms with Crippen molar-refractivity contribution >= 4 is 29.8 Å². The van der Waals surface area contributed by atoms with Crippen molar-refractivity contribution in [2.45, 2.75) is 87.8 Å². The summed E-state index contributed by atoms with van der Waals surface area (Å²) in [5.74, 6) is -6.83. The summed E-state index contributed by atoms with van der Waals surface area (Å²) < 4.78 is 54.4. The van der Waals surface area contributed by atoms with Crippen LogP contribution in [0.4, 0.5) is 0 Å². The molecule has 14 atom stereocenters. The molecular weight excluding hydrogens is 686 g/mol. The minimum Gasteiger partial charge on any atom is -0.497 e. The lowest BCUT2D eigenvalue weighted by atomic mass is 9.45. The number of hydrogen-bond donors (Lipinski definition) is 0. The summed E-state index contributed by atoms with van der Waals surface area (Å²) in [5.41, 5.74) is -6.21. The van der Waals surface area contributed by atoms with Gasteiger partial charge < -0.3 is 42.6 Å². The van der Waals surface area contributed by atoms with Gasteiger partial charge in [-0.15, -0.1) is 0 Å². The van der Waals surface area contributed by atoms with Crippen LogP contribution in [0.3, 0.4) is 0 Å². The van der Waals surface area contributed by atoms with Crippen molar-refractivity contribution in [2.24, 2.45) is 39.7 Å². The number of rotatable bonds is 11. The number of ether oxygens (including phenoxy) is 9. The van der Waals surface area contributed by atoms with Gasteiger partial charge in [-0.3, -0.25) is 19.2 Å². The van der Waals surface area contributed by atoms with Crippen LogP contribution in [-0.2, 0) is 57.1 Å². The third-order valence-electron chi connectivity index (χ3n) is 13.0. The zero-order valence-corrected chi connectivity index (χ0v) is 30.0. The van der Waals surface area contributed by atoms with E-state index in [0.717, 1.165) is 0 Å². The fraction of sp³-hybridized carbons (Fsp3) is 0.694. The first-order chi connectivity index (χ1) is 24.8. The van der Waals surface area contributed by atoms with Crippen LogP contribution in [0.15, 0.2) is 29.4 Å². The second kappa shape index (κ2) is 12.5. The van der Waals surface area contributed by atoms with E-state index in [9.17, 15) is 28.9 Å². The van der Waals surface area contributed by atoms with Crippen LogP contribution in [0.25, 0.3) is 0 Å². The van der Waals surface area contributed by atoms with Crippen LogP contribution >= 0.6 is 0 Å². The molecule has 1 aromatic rings. The molecule has 1 aromatic carbocycles. The summed E-state index contributed by atoms with van der Waals surface area (Å²) in [5, 5.41) is 3.75. The Morgan fingerprint density at radius 2 is 1.48 bits per heavy atom. The lowest BCUT2D eigenvalue weighted by molar-refractivity contribution is -0.273. The Hall–Kier alpha value is -4.15. The molecular formula is C36H43NO15. The maximum absolute atomic E-state index is 14.4. The average Bonchev–Trinajstić information content (AvgIpc) is 3.65. The standard InChI is InChI=1S/C36H43NO15/c1-16(38)48-22-12-23(46-6)36-21-13-34(51-17(2)39)24(47-7)14-35(52-18(3)40,25(21)30(34)50-31(41)19-8-10-20(45-5)11-9-19)26(29(36)37-43)27-28(36)33(22,15-44-4)32(42)49-27/h8-11,21-30H,12-15H2,1-7H3/t21-,22-,23+,24+,25-,26+,27+,28-,29?,30-,33-,34+,35-,36+/m1/s1. The zero-order chi connectivity index (χ0) is 37.5. The van der Waals surface area contributed by atoms with E-state index in [4.69, 9.17) is 42.6 Å². The third kappa shape index (κ3) is 4.46. The van der Waals surface area contributed by atoms with Crippen LogP contribution < -0.4 is 4.74 Å². The van der Waals surface area contributed by atoms with Crippen molar-refractivity contribution in [1.82, 2.24) is 0 Å². The van der Waals surface area contributed by atoms with E-state index in [1.54, 1.807) is 12.1 Å². The minimum absolute atomic E-state index is 0.0507. The molecule has 1 saturated heterocycles. The lowest BCUT2D eigenvalue weighted by Gasteiger charge is -2.62. The molecule has 4 bridgehead atoms. The molecule has 5 saturated carbocycles. The topological polar surface area (TPSA) is 198 Å². The number of fused-ring (bicyclic) bond motifs is 2. The van der Waals surface area contributed by atoms with E-state index >= 15 is 0 Å². The van der Waals surface area contributed by atoms with E-state index < -0.39 is 112 Å². The molecule has 0 aromatic heterocycles. The molecule has 1 heterocycles. The second-order valence-electron chi connectivity index (χ2n) is 14.9. The number of nitroso groups, excluding NO2 is 1. The Morgan fingerprint density at radius 1 is 0.827 bits per heavy atom. The van der Waals surface area contributed by atoms with Gasteiger partial charge in [-0.25, -0.2) is 4.79 Å². The number of esters is 5. The van der Waals surface area contributed by atoms with Crippen molar-refractivity contribution in [3.8, 4) is 5.75 Å². The molecule has 0 spiro atoms. The number of carbonyl (C=O) groups excluding carboxylic acids is 5. The highest BCUT2D eigenvalue weighted by atomic mass is 16.6. The van der Waals surface area contributed by atoms with E-state index in [2.05, 4.69) is 5.18 Å². The molecule has 7 rings (SSSR count). The Labute approximate surface area is 299 Å². The number of methoxy groups -OCH3 is 4. The summed E-state index contributed by atoms with van der Waals surface area (Å²) in [6.07, 6.45) is -5.66. The van der Waals surface area contributed by atoms with Gasteiger partial charge in [-0.05, 0) is 36.6 Å². The van der Waals surface area contributed by atoms with Gasteiger partial charge in [0.15, 0.2) is 11.7 Å². The highest BCUT2D eigenvalue weighted by Gasteiger charge is 2.93. The highest BCUT2D eigenvalue weighted by molar-refractivity contribution is 5.90. The van der Waals surface area contributed by atoms with Crippen molar-refractivity contribution in [3.63, 3.8) is 0 Å². The van der Waals surface area contributed by atoms with Gasteiger partial charge >= 0.3 is 29.8 Å². The Balaban J connectivity index is 1.50. The number of hydrogen-bond acceptors (Lipinski definition) is 16. The van der Waals surface area contributed by atoms with Crippen molar-refractivity contribution in [3.05, 3.63) is 34.7 Å². The van der Waals surface area contributed by atoms with Crippen LogP contribution in [0.1, 0.15) is 50.4 Å². The predicted molar refractivity (Wildman–Crippen MR) is 172 cm³/mol. The predicted octanol–water partition coefficient (Wildman–Crippen LogP) is 2.17. The van der Waals surface area contributed by atoms with Gasteiger partial charge in [0, 0.05) is 72.2 Å². The number of benzene rings is 1. The van der Waals surface area contributed by atoms with Crippen LogP contribution in [0.5, 0.6) is 5.75 Å². The summed E-state index contributed by atoms with van der Waals surface area (Å²) in [7, 11) is 5.74. The van der Waals surface area contributed by atoms with E-state index in [1.165, 1.54) is 61.3 Å². The normalized spacial score (nSPS) is 43.1. The van der Waals surface area contributed by atoms with Crippen LogP contribution in [0.2, 0.25) is 0 Å². The molecule has 6 fully saturated rings. The molecule has 0 radical (unpaired) electrons. The Bertz CT molecular complexity index is 1680. The van der Waals surface area contributed by atoms with Gasteiger partial charge in [0.1, 0.15) is 41.1 Å². The maximum Gasteiger partial charge on any atom is 0.338 e. The SMILES string of the molecule is COC[C@@]12C(=O)O[C@H]3[C@H]4C(N=O)[C@]([C@@H](OC)C[C@H]1OC(C)=O)([C@@H]1C[C@]5(OC(C)=O)[C@@H](OC)C[C@@]4(OC(C)=O)[C@H]1[C@H]5OC(=O)c1ccc(OC)cc1)[C@H]32. The molecule has 1 aliphatic heterocycles. The summed E-state index contributed by atoms with van der Waals surface area (Å²) >= 11 is 0.